The van der Waals surface area contributed by atoms with Crippen LogP contribution in [-0.2, 0) is 11.3 Å². The molecule has 1 amide bonds. The first-order chi connectivity index (χ1) is 12.7. The topological polar surface area (TPSA) is 89.3 Å². The second-order valence-corrected chi connectivity index (χ2v) is 6.70. The number of carbonyl (C=O) groups is 1. The lowest BCUT2D eigenvalue weighted by Crippen LogP contribution is -2.25. The summed E-state index contributed by atoms with van der Waals surface area (Å²) in [5.41, 5.74) is 0.884. The van der Waals surface area contributed by atoms with E-state index in [1.165, 1.54) is 17.7 Å². The van der Waals surface area contributed by atoms with Crippen LogP contribution in [0.1, 0.15) is 34.3 Å². The minimum Gasteiger partial charge on any atom is -0.467 e. The quantitative estimate of drug-likeness (QED) is 0.558. The molecule has 138 valence electrons. The van der Waals surface area contributed by atoms with Crippen LogP contribution in [0.15, 0.2) is 29.1 Å². The second kappa shape index (κ2) is 8.77. The lowest BCUT2D eigenvalue weighted by molar-refractivity contribution is 0.0948. The molecule has 7 nitrogen and oxygen atoms in total. The number of amides is 1. The van der Waals surface area contributed by atoms with Gasteiger partial charge in [-0.15, -0.1) is 11.3 Å². The Morgan fingerprint density at radius 3 is 3.04 bits per heavy atom. The van der Waals surface area contributed by atoms with Gasteiger partial charge in [-0.05, 0) is 38.0 Å². The van der Waals surface area contributed by atoms with E-state index in [4.69, 9.17) is 9.15 Å². The fourth-order valence-corrected chi connectivity index (χ4v) is 3.67. The Kier molecular flexibility index (Phi) is 6.19. The van der Waals surface area contributed by atoms with E-state index in [0.717, 1.165) is 28.0 Å². The van der Waals surface area contributed by atoms with Crippen molar-refractivity contribution < 1.29 is 13.9 Å². The number of rotatable bonds is 9. The first-order valence-electron chi connectivity index (χ1n) is 8.57. The highest BCUT2D eigenvalue weighted by Crippen LogP contribution is 2.33. The molecule has 8 heteroatoms. The van der Waals surface area contributed by atoms with Crippen LogP contribution in [0.25, 0.3) is 10.2 Å². The number of furan rings is 1. The predicted molar refractivity (Wildman–Crippen MR) is 102 cm³/mol. The third-order valence-electron chi connectivity index (χ3n) is 3.90. The summed E-state index contributed by atoms with van der Waals surface area (Å²) in [7, 11) is 0. The zero-order valence-corrected chi connectivity index (χ0v) is 15.7. The van der Waals surface area contributed by atoms with Crippen molar-refractivity contribution >= 4 is 33.3 Å². The molecule has 0 radical (unpaired) electrons. The number of aryl methyl sites for hydroxylation is 1. The van der Waals surface area contributed by atoms with E-state index in [9.17, 15) is 4.79 Å². The van der Waals surface area contributed by atoms with Crippen LogP contribution in [0.4, 0.5) is 5.82 Å². The molecule has 0 saturated carbocycles. The number of fused-ring (bicyclic) bond motifs is 1. The van der Waals surface area contributed by atoms with Crippen molar-refractivity contribution in [1.82, 2.24) is 15.3 Å². The molecule has 0 aliphatic carbocycles. The van der Waals surface area contributed by atoms with Gasteiger partial charge in [-0.25, -0.2) is 9.97 Å². The Balaban J connectivity index is 1.72. The van der Waals surface area contributed by atoms with Crippen molar-refractivity contribution in [2.75, 3.05) is 25.1 Å². The van der Waals surface area contributed by atoms with Gasteiger partial charge in [0.2, 0.25) is 0 Å². The minimum atomic E-state index is -0.0843. The van der Waals surface area contributed by atoms with Gasteiger partial charge in [0.05, 0.1) is 23.1 Å². The Morgan fingerprint density at radius 1 is 1.38 bits per heavy atom. The molecule has 3 aromatic rings. The highest BCUT2D eigenvalue weighted by Gasteiger charge is 2.19. The molecule has 0 fully saturated rings. The van der Waals surface area contributed by atoms with E-state index in [1.54, 1.807) is 6.26 Å². The van der Waals surface area contributed by atoms with Crippen molar-refractivity contribution in [3.05, 3.63) is 40.9 Å². The third-order valence-corrected chi connectivity index (χ3v) is 5.10. The van der Waals surface area contributed by atoms with E-state index >= 15 is 0 Å². The van der Waals surface area contributed by atoms with Crippen LogP contribution >= 0.6 is 11.3 Å². The van der Waals surface area contributed by atoms with Crippen LogP contribution in [-0.4, -0.2) is 35.6 Å². The van der Waals surface area contributed by atoms with Gasteiger partial charge in [0.25, 0.3) is 5.91 Å². The number of thiophene rings is 1. The average molecular weight is 374 g/mol. The SMILES string of the molecule is CCOCCCNC(=O)c1sc2ncnc(NCc3ccco3)c2c1C. The lowest BCUT2D eigenvalue weighted by atomic mass is 10.2. The van der Waals surface area contributed by atoms with E-state index in [0.29, 0.717) is 37.0 Å². The zero-order chi connectivity index (χ0) is 18.4. The van der Waals surface area contributed by atoms with Crippen molar-refractivity contribution in [3.63, 3.8) is 0 Å². The molecule has 0 aliphatic heterocycles. The minimum absolute atomic E-state index is 0.0843. The van der Waals surface area contributed by atoms with E-state index in [-0.39, 0.29) is 5.91 Å². The van der Waals surface area contributed by atoms with Crippen LogP contribution in [0.2, 0.25) is 0 Å². The molecule has 0 aromatic carbocycles. The van der Waals surface area contributed by atoms with Gasteiger partial charge in [0, 0.05) is 19.8 Å². The first kappa shape index (κ1) is 18.3. The molecule has 2 N–H and O–H groups in total. The van der Waals surface area contributed by atoms with Gasteiger partial charge in [-0.1, -0.05) is 0 Å². The molecule has 0 saturated heterocycles. The number of carbonyl (C=O) groups excluding carboxylic acids is 1. The number of anilines is 1. The monoisotopic (exact) mass is 374 g/mol. The summed E-state index contributed by atoms with van der Waals surface area (Å²) in [6, 6.07) is 3.74. The van der Waals surface area contributed by atoms with Crippen molar-refractivity contribution in [3.8, 4) is 0 Å². The summed E-state index contributed by atoms with van der Waals surface area (Å²) >= 11 is 1.38. The smallest absolute Gasteiger partial charge is 0.261 e. The molecule has 0 aliphatic rings. The van der Waals surface area contributed by atoms with Gasteiger partial charge < -0.3 is 19.8 Å². The number of nitrogens with one attached hydrogen (secondary N) is 2. The molecule has 3 aromatic heterocycles. The fraction of sp³-hybridized carbons (Fsp3) is 0.389. The Labute approximate surface area is 155 Å². The van der Waals surface area contributed by atoms with E-state index < -0.39 is 0 Å². The lowest BCUT2D eigenvalue weighted by Gasteiger charge is -2.06. The molecule has 26 heavy (non-hydrogen) atoms. The molecule has 0 bridgehead atoms. The number of hydrogen-bond acceptors (Lipinski definition) is 7. The molecular formula is C18H22N4O3S. The largest absolute Gasteiger partial charge is 0.467 e. The first-order valence-corrected chi connectivity index (χ1v) is 9.38. The summed E-state index contributed by atoms with van der Waals surface area (Å²) in [6.07, 6.45) is 3.93. The average Bonchev–Trinajstić information content (AvgIpc) is 3.28. The number of aromatic nitrogens is 2. The van der Waals surface area contributed by atoms with Crippen molar-refractivity contribution in [1.29, 1.82) is 0 Å². The summed E-state index contributed by atoms with van der Waals surface area (Å²) < 4.78 is 10.6. The summed E-state index contributed by atoms with van der Waals surface area (Å²) in [5, 5.41) is 7.08. The zero-order valence-electron chi connectivity index (χ0n) is 14.9. The predicted octanol–water partition coefficient (Wildman–Crippen LogP) is 3.36. The summed E-state index contributed by atoms with van der Waals surface area (Å²) in [5.74, 6) is 1.44. The van der Waals surface area contributed by atoms with Gasteiger partial charge in [-0.3, -0.25) is 4.79 Å². The van der Waals surface area contributed by atoms with Gasteiger partial charge in [0.15, 0.2) is 0 Å². The molecular weight excluding hydrogens is 352 g/mol. The molecule has 0 atom stereocenters. The molecule has 3 heterocycles. The van der Waals surface area contributed by atoms with Gasteiger partial charge >= 0.3 is 0 Å². The third kappa shape index (κ3) is 4.20. The summed E-state index contributed by atoms with van der Waals surface area (Å²) in [4.78, 5) is 22.6. The second-order valence-electron chi connectivity index (χ2n) is 5.70. The van der Waals surface area contributed by atoms with Gasteiger partial charge in [0.1, 0.15) is 22.7 Å². The van der Waals surface area contributed by atoms with Crippen LogP contribution in [0.3, 0.4) is 0 Å². The van der Waals surface area contributed by atoms with E-state index in [1.807, 2.05) is 26.0 Å². The van der Waals surface area contributed by atoms with Crippen molar-refractivity contribution in [2.45, 2.75) is 26.8 Å². The molecule has 0 unspecified atom stereocenters. The Bertz CT molecular complexity index is 861. The maximum Gasteiger partial charge on any atom is 0.261 e. The highest BCUT2D eigenvalue weighted by atomic mass is 32.1. The Morgan fingerprint density at radius 2 is 2.27 bits per heavy atom. The summed E-state index contributed by atoms with van der Waals surface area (Å²) in [6.45, 7) is 6.33. The highest BCUT2D eigenvalue weighted by molar-refractivity contribution is 7.20. The fourth-order valence-electron chi connectivity index (χ4n) is 2.61. The standard InChI is InChI=1S/C18H22N4O3S/c1-3-24-8-5-7-19-17(23)15-12(2)14-16(21-11-22-18(14)26-15)20-10-13-6-4-9-25-13/h4,6,9,11H,3,5,7-8,10H2,1-2H3,(H,19,23)(H,20,21,22). The number of ether oxygens (including phenoxy) is 1. The van der Waals surface area contributed by atoms with Crippen LogP contribution in [0, 0.1) is 6.92 Å². The molecule has 3 rings (SSSR count). The maximum absolute atomic E-state index is 12.5. The number of nitrogens with zero attached hydrogens (tertiary/aromatic N) is 2. The molecule has 0 spiro atoms. The van der Waals surface area contributed by atoms with Crippen LogP contribution < -0.4 is 10.6 Å². The number of hydrogen-bond donors (Lipinski definition) is 2. The Hall–Kier alpha value is -2.45. The van der Waals surface area contributed by atoms with E-state index in [2.05, 4.69) is 20.6 Å². The normalized spacial score (nSPS) is 11.0. The van der Waals surface area contributed by atoms with Crippen LogP contribution in [0.5, 0.6) is 0 Å². The van der Waals surface area contributed by atoms with Gasteiger partial charge in [-0.2, -0.15) is 0 Å². The van der Waals surface area contributed by atoms with Crippen molar-refractivity contribution in [2.24, 2.45) is 0 Å². The maximum atomic E-state index is 12.5.